The van der Waals surface area contributed by atoms with E-state index in [1.54, 1.807) is 32.1 Å². The summed E-state index contributed by atoms with van der Waals surface area (Å²) in [4.78, 5) is 26.3. The zero-order chi connectivity index (χ0) is 20.2. The van der Waals surface area contributed by atoms with Gasteiger partial charge in [0, 0.05) is 27.3 Å². The van der Waals surface area contributed by atoms with Gasteiger partial charge in [0.05, 0.1) is 25.7 Å². The van der Waals surface area contributed by atoms with Crippen molar-refractivity contribution in [3.63, 3.8) is 0 Å². The predicted octanol–water partition coefficient (Wildman–Crippen LogP) is 2.07. The smallest absolute Gasteiger partial charge is 0.311 e. The van der Waals surface area contributed by atoms with Gasteiger partial charge in [-0.2, -0.15) is 0 Å². The predicted molar refractivity (Wildman–Crippen MR) is 102 cm³/mol. The van der Waals surface area contributed by atoms with Crippen LogP contribution in [0.4, 0.5) is 0 Å². The summed E-state index contributed by atoms with van der Waals surface area (Å²) in [6, 6.07) is 7.29. The summed E-state index contributed by atoms with van der Waals surface area (Å²) in [5.74, 6) is -0.0324. The Hall–Kier alpha value is -2.12. The Kier molecular flexibility index (Phi) is 10.4. The number of nitrogens with zero attached hydrogens (tertiary/aromatic N) is 1. The van der Waals surface area contributed by atoms with Crippen molar-refractivity contribution in [2.75, 3.05) is 40.5 Å². The van der Waals surface area contributed by atoms with Gasteiger partial charge in [-0.15, -0.1) is 0 Å². The van der Waals surface area contributed by atoms with E-state index in [1.165, 1.54) is 0 Å². The van der Waals surface area contributed by atoms with Crippen LogP contribution in [-0.4, -0.2) is 69.5 Å². The Labute approximate surface area is 161 Å². The van der Waals surface area contributed by atoms with Gasteiger partial charge >= 0.3 is 5.97 Å². The molecular formula is C20H31NO6. The lowest BCUT2D eigenvalue weighted by molar-refractivity contribution is -0.159. The summed E-state index contributed by atoms with van der Waals surface area (Å²) in [6.45, 7) is 7.08. The molecule has 0 aromatic heterocycles. The summed E-state index contributed by atoms with van der Waals surface area (Å²) in [7, 11) is 3.14. The summed E-state index contributed by atoms with van der Waals surface area (Å²) in [6.07, 6.45) is -0.750. The number of carbonyl (C=O) groups is 2. The summed E-state index contributed by atoms with van der Waals surface area (Å²) >= 11 is 0. The minimum Gasteiger partial charge on any atom is -0.491 e. The lowest BCUT2D eigenvalue weighted by Gasteiger charge is -2.25. The van der Waals surface area contributed by atoms with Gasteiger partial charge in [0.15, 0.2) is 6.10 Å². The van der Waals surface area contributed by atoms with Crippen molar-refractivity contribution in [3.8, 4) is 5.75 Å². The van der Waals surface area contributed by atoms with Gasteiger partial charge < -0.3 is 23.8 Å². The fourth-order valence-corrected chi connectivity index (χ4v) is 2.45. The molecule has 0 fully saturated rings. The van der Waals surface area contributed by atoms with Crippen molar-refractivity contribution < 1.29 is 28.5 Å². The Morgan fingerprint density at radius 3 is 2.22 bits per heavy atom. The Morgan fingerprint density at radius 1 is 1.04 bits per heavy atom. The van der Waals surface area contributed by atoms with Gasteiger partial charge in [0.25, 0.3) is 5.91 Å². The SMILES string of the molecule is COCCN(CCOC)C(=O)C(C)OC(=O)Cc1cccc(OC(C)C)c1. The summed E-state index contributed by atoms with van der Waals surface area (Å²) in [5, 5.41) is 0. The number of carbonyl (C=O) groups excluding carboxylic acids is 2. The molecule has 0 aliphatic heterocycles. The van der Waals surface area contributed by atoms with Crippen molar-refractivity contribution in [3.05, 3.63) is 29.8 Å². The van der Waals surface area contributed by atoms with E-state index in [4.69, 9.17) is 18.9 Å². The molecule has 152 valence electrons. The van der Waals surface area contributed by atoms with Crippen LogP contribution in [0, 0.1) is 0 Å². The molecule has 0 saturated carbocycles. The molecule has 0 saturated heterocycles. The Morgan fingerprint density at radius 2 is 1.67 bits per heavy atom. The van der Waals surface area contributed by atoms with Crippen LogP contribution in [0.25, 0.3) is 0 Å². The highest BCUT2D eigenvalue weighted by atomic mass is 16.5. The zero-order valence-electron chi connectivity index (χ0n) is 16.9. The highest BCUT2D eigenvalue weighted by Gasteiger charge is 2.23. The number of benzene rings is 1. The average molecular weight is 381 g/mol. The monoisotopic (exact) mass is 381 g/mol. The number of amides is 1. The lowest BCUT2D eigenvalue weighted by atomic mass is 10.1. The van der Waals surface area contributed by atoms with Crippen LogP contribution in [0.2, 0.25) is 0 Å². The van der Waals surface area contributed by atoms with Gasteiger partial charge in [-0.25, -0.2) is 0 Å². The molecule has 0 spiro atoms. The summed E-state index contributed by atoms with van der Waals surface area (Å²) in [5.41, 5.74) is 0.772. The van der Waals surface area contributed by atoms with E-state index < -0.39 is 12.1 Å². The molecule has 0 aliphatic carbocycles. The molecule has 0 N–H and O–H groups in total. The average Bonchev–Trinajstić information content (AvgIpc) is 2.61. The highest BCUT2D eigenvalue weighted by Crippen LogP contribution is 2.16. The third-order valence-corrected chi connectivity index (χ3v) is 3.72. The minimum absolute atomic E-state index is 0.0510. The first-order valence-corrected chi connectivity index (χ1v) is 9.09. The first-order chi connectivity index (χ1) is 12.9. The molecule has 0 heterocycles. The number of hydrogen-bond donors (Lipinski definition) is 0. The zero-order valence-corrected chi connectivity index (χ0v) is 16.9. The summed E-state index contributed by atoms with van der Waals surface area (Å²) < 4.78 is 21.0. The first-order valence-electron chi connectivity index (χ1n) is 9.09. The molecule has 0 bridgehead atoms. The van der Waals surface area contributed by atoms with Crippen LogP contribution in [0.5, 0.6) is 5.75 Å². The molecular weight excluding hydrogens is 350 g/mol. The number of methoxy groups -OCH3 is 2. The quantitative estimate of drug-likeness (QED) is 0.516. The van der Waals surface area contributed by atoms with Crippen LogP contribution in [0.3, 0.4) is 0 Å². The van der Waals surface area contributed by atoms with Crippen LogP contribution in [-0.2, 0) is 30.2 Å². The van der Waals surface area contributed by atoms with Gasteiger partial charge in [0.1, 0.15) is 5.75 Å². The molecule has 7 nitrogen and oxygen atoms in total. The number of esters is 1. The van der Waals surface area contributed by atoms with Gasteiger partial charge in [-0.1, -0.05) is 12.1 Å². The fourth-order valence-electron chi connectivity index (χ4n) is 2.45. The number of hydrogen-bond acceptors (Lipinski definition) is 6. The Bertz CT molecular complexity index is 582. The van der Waals surface area contributed by atoms with Crippen molar-refractivity contribution in [1.82, 2.24) is 4.90 Å². The Balaban J connectivity index is 2.62. The molecule has 27 heavy (non-hydrogen) atoms. The first kappa shape index (κ1) is 22.9. The van der Waals surface area contributed by atoms with Crippen LogP contribution >= 0.6 is 0 Å². The van der Waals surface area contributed by atoms with Crippen molar-refractivity contribution in [2.45, 2.75) is 39.4 Å². The normalized spacial score (nSPS) is 11.9. The highest BCUT2D eigenvalue weighted by molar-refractivity contribution is 5.84. The minimum atomic E-state index is -0.874. The molecule has 1 unspecified atom stereocenters. The topological polar surface area (TPSA) is 74.3 Å². The second-order valence-electron chi connectivity index (χ2n) is 6.43. The van der Waals surface area contributed by atoms with E-state index in [9.17, 15) is 9.59 Å². The number of rotatable bonds is 12. The van der Waals surface area contributed by atoms with E-state index in [0.29, 0.717) is 32.1 Å². The van der Waals surface area contributed by atoms with E-state index in [-0.39, 0.29) is 18.4 Å². The van der Waals surface area contributed by atoms with Gasteiger partial charge in [-0.3, -0.25) is 9.59 Å². The third kappa shape index (κ3) is 8.88. The van der Waals surface area contributed by atoms with Crippen LogP contribution in [0.15, 0.2) is 24.3 Å². The number of ether oxygens (including phenoxy) is 4. The molecule has 7 heteroatoms. The standard InChI is InChI=1S/C20H31NO6/c1-15(2)26-18-8-6-7-17(13-18)14-19(22)27-16(3)20(23)21(9-11-24-4)10-12-25-5/h6-8,13,15-16H,9-12,14H2,1-5H3. The molecule has 0 radical (unpaired) electrons. The molecule has 0 aliphatic rings. The van der Waals surface area contributed by atoms with Crippen LogP contribution in [0.1, 0.15) is 26.3 Å². The van der Waals surface area contributed by atoms with Gasteiger partial charge in [-0.05, 0) is 38.5 Å². The molecule has 1 amide bonds. The van der Waals surface area contributed by atoms with Crippen molar-refractivity contribution >= 4 is 11.9 Å². The maximum atomic E-state index is 12.5. The maximum Gasteiger partial charge on any atom is 0.311 e. The molecule has 1 aromatic rings. The largest absolute Gasteiger partial charge is 0.491 e. The second-order valence-corrected chi connectivity index (χ2v) is 6.43. The lowest BCUT2D eigenvalue weighted by Crippen LogP contribution is -2.43. The third-order valence-electron chi connectivity index (χ3n) is 3.72. The van der Waals surface area contributed by atoms with E-state index in [2.05, 4.69) is 0 Å². The second kappa shape index (κ2) is 12.3. The van der Waals surface area contributed by atoms with Gasteiger partial charge in [0.2, 0.25) is 0 Å². The van der Waals surface area contributed by atoms with E-state index >= 15 is 0 Å². The maximum absolute atomic E-state index is 12.5. The van der Waals surface area contributed by atoms with E-state index in [1.807, 2.05) is 32.0 Å². The van der Waals surface area contributed by atoms with Crippen molar-refractivity contribution in [1.29, 1.82) is 0 Å². The fraction of sp³-hybridized carbons (Fsp3) is 0.600. The molecule has 1 rings (SSSR count). The van der Waals surface area contributed by atoms with E-state index in [0.717, 1.165) is 5.56 Å². The molecule has 1 atom stereocenters. The van der Waals surface area contributed by atoms with Crippen molar-refractivity contribution in [2.24, 2.45) is 0 Å². The van der Waals surface area contributed by atoms with Crippen LogP contribution < -0.4 is 4.74 Å². The molecule has 1 aromatic carbocycles.